The summed E-state index contributed by atoms with van der Waals surface area (Å²) in [6, 6.07) is 32.7. The number of nitrogens with zero attached hydrogens (tertiary/aromatic N) is 1. The monoisotopic (exact) mass is 511 g/mol. The Kier molecular flexibility index (Phi) is 9.04. The molecule has 168 valence electrons. The van der Waals surface area contributed by atoms with E-state index in [0.29, 0.717) is 6.61 Å². The highest BCUT2D eigenvalue weighted by molar-refractivity contribution is 7.95. The van der Waals surface area contributed by atoms with Crippen LogP contribution < -0.4 is 32.9 Å². The van der Waals surface area contributed by atoms with Crippen LogP contribution in [0.25, 0.3) is 0 Å². The molecule has 0 aromatic heterocycles. The first-order chi connectivity index (χ1) is 15.3. The molecule has 0 bridgehead atoms. The number of likely N-dealkylation sites (tertiary alicyclic amines) is 1. The van der Waals surface area contributed by atoms with Crippen molar-refractivity contribution in [2.75, 3.05) is 25.9 Å². The first kappa shape index (κ1) is 24.6. The van der Waals surface area contributed by atoms with Crippen molar-refractivity contribution in [1.29, 1.82) is 0 Å². The van der Waals surface area contributed by atoms with Gasteiger partial charge in [0.15, 0.2) is 0 Å². The summed E-state index contributed by atoms with van der Waals surface area (Å²) in [6.07, 6.45) is 2.95. The van der Waals surface area contributed by atoms with Gasteiger partial charge in [0, 0.05) is 6.54 Å². The van der Waals surface area contributed by atoms with E-state index in [1.807, 2.05) is 6.92 Å². The number of benzene rings is 3. The molecule has 1 heterocycles. The van der Waals surface area contributed by atoms with E-state index in [1.165, 1.54) is 15.9 Å². The maximum atomic E-state index is 12.5. The van der Waals surface area contributed by atoms with Gasteiger partial charge in [0.05, 0.1) is 12.8 Å². The molecule has 0 spiro atoms. The van der Waals surface area contributed by atoms with Crippen LogP contribution in [-0.2, 0) is 9.53 Å². The molecule has 1 saturated heterocycles. The molecule has 5 heteroatoms. The first-order valence-corrected chi connectivity index (χ1v) is 13.2. The van der Waals surface area contributed by atoms with E-state index in [1.54, 1.807) is 0 Å². The molecule has 0 radical (unpaired) electrons. The smallest absolute Gasteiger partial charge is 0.323 e. The van der Waals surface area contributed by atoms with Crippen molar-refractivity contribution in [3.8, 4) is 0 Å². The topological polar surface area (TPSA) is 29.5 Å². The van der Waals surface area contributed by atoms with Crippen molar-refractivity contribution in [2.45, 2.75) is 25.8 Å². The summed E-state index contributed by atoms with van der Waals surface area (Å²) in [4.78, 5) is 14.9. The lowest BCUT2D eigenvalue weighted by Crippen LogP contribution is -3.00. The highest BCUT2D eigenvalue weighted by Gasteiger charge is 2.46. The average molecular weight is 512 g/mol. The van der Waals surface area contributed by atoms with Crippen LogP contribution in [0.15, 0.2) is 91.0 Å². The Labute approximate surface area is 202 Å². The largest absolute Gasteiger partial charge is 1.00 e. The minimum absolute atomic E-state index is 0. The van der Waals surface area contributed by atoms with E-state index in [-0.39, 0.29) is 29.0 Å². The van der Waals surface area contributed by atoms with Crippen molar-refractivity contribution in [2.24, 2.45) is 0 Å². The van der Waals surface area contributed by atoms with Gasteiger partial charge in [0.1, 0.15) is 29.2 Å². The molecular formula is C27H31BrNO2P. The van der Waals surface area contributed by atoms with Crippen molar-refractivity contribution in [3.05, 3.63) is 91.0 Å². The lowest BCUT2D eigenvalue weighted by Gasteiger charge is -2.30. The van der Waals surface area contributed by atoms with Gasteiger partial charge in [0.2, 0.25) is 0 Å². The Morgan fingerprint density at radius 3 is 1.78 bits per heavy atom. The van der Waals surface area contributed by atoms with Gasteiger partial charge in [0.25, 0.3) is 0 Å². The average Bonchev–Trinajstić information content (AvgIpc) is 3.31. The molecule has 1 atom stereocenters. The third-order valence-corrected chi connectivity index (χ3v) is 10.6. The molecule has 32 heavy (non-hydrogen) atoms. The zero-order chi connectivity index (χ0) is 21.5. The van der Waals surface area contributed by atoms with E-state index in [2.05, 4.69) is 95.9 Å². The maximum absolute atomic E-state index is 12.5. The molecule has 1 aliphatic rings. The highest BCUT2D eigenvalue weighted by atomic mass is 79.9. The normalized spacial score (nSPS) is 16.3. The van der Waals surface area contributed by atoms with Crippen LogP contribution in [0.1, 0.15) is 19.8 Å². The third kappa shape index (κ3) is 5.14. The lowest BCUT2D eigenvalue weighted by molar-refractivity contribution is -0.148. The van der Waals surface area contributed by atoms with Gasteiger partial charge >= 0.3 is 5.97 Å². The van der Waals surface area contributed by atoms with Gasteiger partial charge in [-0.2, -0.15) is 0 Å². The molecule has 1 unspecified atom stereocenters. The van der Waals surface area contributed by atoms with Crippen molar-refractivity contribution in [1.82, 2.24) is 4.90 Å². The third-order valence-electron chi connectivity index (χ3n) is 6.24. The first-order valence-electron chi connectivity index (χ1n) is 11.2. The number of esters is 1. The fourth-order valence-electron chi connectivity index (χ4n) is 4.76. The van der Waals surface area contributed by atoms with Crippen LogP contribution in [0, 0.1) is 0 Å². The number of halogens is 1. The summed E-state index contributed by atoms with van der Waals surface area (Å²) in [6.45, 7) is 4.17. The van der Waals surface area contributed by atoms with E-state index in [0.717, 1.165) is 32.1 Å². The van der Waals surface area contributed by atoms with Crippen LogP contribution >= 0.6 is 7.26 Å². The van der Waals surface area contributed by atoms with Crippen LogP contribution in [-0.4, -0.2) is 42.8 Å². The fraction of sp³-hybridized carbons (Fsp3) is 0.296. The zero-order valence-corrected chi connectivity index (χ0v) is 21.0. The number of hydrogen-bond donors (Lipinski definition) is 0. The molecule has 3 aromatic rings. The second-order valence-electron chi connectivity index (χ2n) is 7.99. The molecule has 1 aliphatic heterocycles. The number of hydrogen-bond acceptors (Lipinski definition) is 3. The van der Waals surface area contributed by atoms with Crippen molar-refractivity contribution < 1.29 is 26.5 Å². The quantitative estimate of drug-likeness (QED) is 0.334. The molecule has 0 N–H and O–H groups in total. The van der Waals surface area contributed by atoms with Crippen LogP contribution in [0.5, 0.6) is 0 Å². The Morgan fingerprint density at radius 2 is 1.34 bits per heavy atom. The Balaban J connectivity index is 0.00000289. The molecule has 3 aromatic carbocycles. The van der Waals surface area contributed by atoms with Crippen LogP contribution in [0.2, 0.25) is 0 Å². The minimum Gasteiger partial charge on any atom is -1.00 e. The molecule has 0 saturated carbocycles. The molecular weight excluding hydrogens is 481 g/mol. The SMILES string of the molecule is CCOC(=O)C1CCCN1CC[P+](c1ccccc1)(c1ccccc1)c1ccccc1.[Br-]. The second kappa shape index (κ2) is 11.7. The van der Waals surface area contributed by atoms with Gasteiger partial charge in [-0.15, -0.1) is 0 Å². The number of ether oxygens (including phenoxy) is 1. The molecule has 1 fully saturated rings. The molecule has 0 amide bonds. The predicted octanol–water partition coefficient (Wildman–Crippen LogP) is 1.01. The maximum Gasteiger partial charge on any atom is 0.323 e. The van der Waals surface area contributed by atoms with E-state index in [9.17, 15) is 4.79 Å². The van der Waals surface area contributed by atoms with Gasteiger partial charge in [-0.25, -0.2) is 0 Å². The number of carbonyl (C=O) groups excluding carboxylic acids is 1. The second-order valence-corrected chi connectivity index (χ2v) is 11.6. The zero-order valence-electron chi connectivity index (χ0n) is 18.6. The van der Waals surface area contributed by atoms with E-state index in [4.69, 9.17) is 4.74 Å². The summed E-state index contributed by atoms with van der Waals surface area (Å²) in [5, 5.41) is 4.16. The molecule has 4 rings (SSSR count). The highest BCUT2D eigenvalue weighted by Crippen LogP contribution is 2.55. The summed E-state index contributed by atoms with van der Waals surface area (Å²) in [5.74, 6) is -0.0666. The summed E-state index contributed by atoms with van der Waals surface area (Å²) in [5.41, 5.74) is 0. The van der Waals surface area contributed by atoms with Crippen molar-refractivity contribution >= 4 is 29.1 Å². The molecule has 3 nitrogen and oxygen atoms in total. The van der Waals surface area contributed by atoms with Crippen molar-refractivity contribution in [3.63, 3.8) is 0 Å². The standard InChI is InChI=1S/C27H31NO2P.BrH/c1-2-30-27(29)26-19-12-20-28(26)21-22-31(23-13-6-3-7-14-23,24-15-8-4-9-16-24)25-17-10-5-11-18-25;/h3-11,13-18,26H,2,12,19-22H2,1H3;1H/q+1;/p-1. The van der Waals surface area contributed by atoms with E-state index >= 15 is 0 Å². The lowest BCUT2D eigenvalue weighted by atomic mass is 10.2. The minimum atomic E-state index is -1.87. The fourth-order valence-corrected chi connectivity index (χ4v) is 9.03. The summed E-state index contributed by atoms with van der Waals surface area (Å²) < 4.78 is 5.37. The number of carbonyl (C=O) groups is 1. The van der Waals surface area contributed by atoms with E-state index < -0.39 is 7.26 Å². The summed E-state index contributed by atoms with van der Waals surface area (Å²) in [7, 11) is -1.87. The predicted molar refractivity (Wildman–Crippen MR) is 131 cm³/mol. The van der Waals surface area contributed by atoms with Crippen LogP contribution in [0.4, 0.5) is 0 Å². The van der Waals surface area contributed by atoms with Gasteiger partial charge in [-0.1, -0.05) is 54.6 Å². The van der Waals surface area contributed by atoms with Gasteiger partial charge in [-0.05, 0) is 62.7 Å². The Morgan fingerprint density at radius 1 is 0.875 bits per heavy atom. The van der Waals surface area contributed by atoms with Gasteiger partial charge < -0.3 is 21.7 Å². The van der Waals surface area contributed by atoms with Crippen LogP contribution in [0.3, 0.4) is 0 Å². The van der Waals surface area contributed by atoms with Gasteiger partial charge in [-0.3, -0.25) is 9.69 Å². The Hall–Kier alpha value is -2.00. The molecule has 0 aliphatic carbocycles. The Bertz CT molecular complexity index is 872. The number of rotatable bonds is 8. The summed E-state index contributed by atoms with van der Waals surface area (Å²) >= 11 is 0.